The number of fused-ring (bicyclic) bond motifs is 1. The van der Waals surface area contributed by atoms with Crippen LogP contribution in [0.4, 0.5) is 24.9 Å². The number of nitrogen functional groups attached to an aromatic ring is 1. The molecule has 1 atom stereocenters. The molecule has 4 N–H and O–H groups in total. The van der Waals surface area contributed by atoms with Crippen LogP contribution in [0.25, 0.3) is 11.2 Å². The highest BCUT2D eigenvalue weighted by atomic mass is 19.4. The van der Waals surface area contributed by atoms with Gasteiger partial charge in [-0.3, -0.25) is 0 Å². The van der Waals surface area contributed by atoms with E-state index in [2.05, 4.69) is 25.3 Å². The lowest BCUT2D eigenvalue weighted by atomic mass is 10.2. The van der Waals surface area contributed by atoms with E-state index in [9.17, 15) is 13.2 Å². The highest BCUT2D eigenvalue weighted by molar-refractivity contribution is 5.83. The Morgan fingerprint density at radius 1 is 1.44 bits per heavy atom. The summed E-state index contributed by atoms with van der Waals surface area (Å²) in [5.74, 6) is 0.169. The molecule has 98 valence electrons. The predicted octanol–water partition coefficient (Wildman–Crippen LogP) is 1.69. The molecule has 0 saturated carbocycles. The summed E-state index contributed by atoms with van der Waals surface area (Å²) >= 11 is 0. The van der Waals surface area contributed by atoms with E-state index in [1.54, 1.807) is 0 Å². The van der Waals surface area contributed by atoms with E-state index >= 15 is 0 Å². The predicted molar refractivity (Wildman–Crippen MR) is 59.9 cm³/mol. The fourth-order valence-corrected chi connectivity index (χ4v) is 1.59. The van der Waals surface area contributed by atoms with Crippen LogP contribution < -0.4 is 11.1 Å². The second-order valence-corrected chi connectivity index (χ2v) is 3.90. The van der Waals surface area contributed by atoms with E-state index in [-0.39, 0.29) is 11.8 Å². The van der Waals surface area contributed by atoms with E-state index in [4.69, 9.17) is 5.73 Å². The standard InChI is InChI=1S/C9H11F3N6/c1-4(2-9(10,11)12)16-7-5-6(15-3-14-5)17-8(13)18-7/h3-4H,2H2,1H3,(H4,13,14,15,16,17,18). The van der Waals surface area contributed by atoms with Crippen molar-refractivity contribution in [3.05, 3.63) is 6.33 Å². The molecule has 0 fully saturated rings. The minimum Gasteiger partial charge on any atom is -0.368 e. The van der Waals surface area contributed by atoms with Gasteiger partial charge in [-0.05, 0) is 6.92 Å². The molecule has 2 aromatic heterocycles. The van der Waals surface area contributed by atoms with Crippen LogP contribution in [0.3, 0.4) is 0 Å². The van der Waals surface area contributed by atoms with Crippen molar-refractivity contribution in [3.63, 3.8) is 0 Å². The van der Waals surface area contributed by atoms with Gasteiger partial charge in [0.25, 0.3) is 0 Å². The van der Waals surface area contributed by atoms with Gasteiger partial charge in [-0.2, -0.15) is 23.1 Å². The molecule has 0 bridgehead atoms. The number of rotatable bonds is 3. The summed E-state index contributed by atoms with van der Waals surface area (Å²) in [5.41, 5.74) is 6.19. The van der Waals surface area contributed by atoms with Crippen LogP contribution in [0.5, 0.6) is 0 Å². The van der Waals surface area contributed by atoms with Gasteiger partial charge in [0.15, 0.2) is 11.5 Å². The van der Waals surface area contributed by atoms with E-state index in [0.717, 1.165) is 0 Å². The van der Waals surface area contributed by atoms with Gasteiger partial charge in [-0.25, -0.2) is 4.98 Å². The summed E-state index contributed by atoms with van der Waals surface area (Å²) in [7, 11) is 0. The van der Waals surface area contributed by atoms with E-state index in [1.807, 2.05) is 0 Å². The number of alkyl halides is 3. The number of H-pyrrole nitrogens is 1. The lowest BCUT2D eigenvalue weighted by molar-refractivity contribution is -0.136. The molecule has 2 rings (SSSR count). The Hall–Kier alpha value is -2.06. The summed E-state index contributed by atoms with van der Waals surface area (Å²) in [6.07, 6.45) is -3.83. The molecule has 2 aromatic rings. The van der Waals surface area contributed by atoms with Gasteiger partial charge >= 0.3 is 6.18 Å². The molecule has 6 nitrogen and oxygen atoms in total. The number of nitrogens with two attached hydrogens (primary N) is 1. The molecule has 0 amide bonds. The van der Waals surface area contributed by atoms with Crippen molar-refractivity contribution in [2.75, 3.05) is 11.1 Å². The molecular weight excluding hydrogens is 249 g/mol. The third-order valence-electron chi connectivity index (χ3n) is 2.22. The van der Waals surface area contributed by atoms with Crippen LogP contribution in [0, 0.1) is 0 Å². The number of hydrogen-bond acceptors (Lipinski definition) is 5. The molecule has 0 spiro atoms. The first-order valence-electron chi connectivity index (χ1n) is 5.15. The van der Waals surface area contributed by atoms with Gasteiger partial charge in [0.2, 0.25) is 5.95 Å². The number of halogens is 3. The Morgan fingerprint density at radius 3 is 2.83 bits per heavy atom. The van der Waals surface area contributed by atoms with Crippen molar-refractivity contribution < 1.29 is 13.2 Å². The topological polar surface area (TPSA) is 92.5 Å². The number of hydrogen-bond donors (Lipinski definition) is 3. The summed E-state index contributed by atoms with van der Waals surface area (Å²) in [6.45, 7) is 1.41. The first-order chi connectivity index (χ1) is 8.35. The van der Waals surface area contributed by atoms with E-state index in [1.165, 1.54) is 13.3 Å². The maximum Gasteiger partial charge on any atom is 0.391 e. The van der Waals surface area contributed by atoms with Gasteiger partial charge in [0, 0.05) is 6.04 Å². The Kier molecular flexibility index (Phi) is 2.97. The zero-order valence-corrected chi connectivity index (χ0v) is 9.41. The third-order valence-corrected chi connectivity index (χ3v) is 2.22. The number of aromatic amines is 1. The number of imidazole rings is 1. The quantitative estimate of drug-likeness (QED) is 0.780. The molecule has 0 radical (unpaired) electrons. The van der Waals surface area contributed by atoms with Gasteiger partial charge in [0.05, 0.1) is 12.7 Å². The Labute approximate surface area is 99.8 Å². The van der Waals surface area contributed by atoms with Crippen LogP contribution >= 0.6 is 0 Å². The van der Waals surface area contributed by atoms with Crippen molar-refractivity contribution >= 4 is 22.9 Å². The maximum absolute atomic E-state index is 12.2. The lowest BCUT2D eigenvalue weighted by Crippen LogP contribution is -2.24. The van der Waals surface area contributed by atoms with Crippen molar-refractivity contribution in [2.45, 2.75) is 25.6 Å². The molecule has 0 aromatic carbocycles. The van der Waals surface area contributed by atoms with Gasteiger partial charge in [-0.15, -0.1) is 0 Å². The Morgan fingerprint density at radius 2 is 2.17 bits per heavy atom. The number of aromatic nitrogens is 4. The summed E-state index contributed by atoms with van der Waals surface area (Å²) in [6, 6.07) is -0.828. The van der Waals surface area contributed by atoms with Crippen molar-refractivity contribution in [2.24, 2.45) is 0 Å². The maximum atomic E-state index is 12.2. The molecule has 9 heteroatoms. The van der Waals surface area contributed by atoms with Crippen molar-refractivity contribution in [1.82, 2.24) is 19.9 Å². The SMILES string of the molecule is CC(CC(F)(F)F)Nc1nc(N)nc2nc[nH]c12. The minimum atomic E-state index is -4.24. The molecule has 1 unspecified atom stereocenters. The number of anilines is 2. The van der Waals surface area contributed by atoms with Gasteiger partial charge < -0.3 is 16.0 Å². The van der Waals surface area contributed by atoms with Crippen molar-refractivity contribution in [1.29, 1.82) is 0 Å². The molecule has 0 aliphatic carbocycles. The van der Waals surface area contributed by atoms with E-state index in [0.29, 0.717) is 11.2 Å². The average Bonchev–Trinajstić information content (AvgIpc) is 2.61. The lowest BCUT2D eigenvalue weighted by Gasteiger charge is -2.16. The second-order valence-electron chi connectivity index (χ2n) is 3.90. The molecule has 0 aliphatic rings. The van der Waals surface area contributed by atoms with E-state index < -0.39 is 18.6 Å². The molecule has 2 heterocycles. The average molecular weight is 260 g/mol. The van der Waals surface area contributed by atoms with Crippen LogP contribution in [0.15, 0.2) is 6.33 Å². The molecule has 0 aliphatic heterocycles. The van der Waals surface area contributed by atoms with Crippen LogP contribution in [-0.4, -0.2) is 32.2 Å². The van der Waals surface area contributed by atoms with Crippen molar-refractivity contribution in [3.8, 4) is 0 Å². The number of nitrogens with zero attached hydrogens (tertiary/aromatic N) is 3. The largest absolute Gasteiger partial charge is 0.391 e. The van der Waals surface area contributed by atoms with Crippen LogP contribution in [0.2, 0.25) is 0 Å². The molecule has 18 heavy (non-hydrogen) atoms. The highest BCUT2D eigenvalue weighted by Gasteiger charge is 2.30. The minimum absolute atomic E-state index is 0.0451. The fourth-order valence-electron chi connectivity index (χ4n) is 1.59. The number of nitrogens with one attached hydrogen (secondary N) is 2. The monoisotopic (exact) mass is 260 g/mol. The highest BCUT2D eigenvalue weighted by Crippen LogP contribution is 2.24. The third kappa shape index (κ3) is 2.79. The first kappa shape index (κ1) is 12.4. The smallest absolute Gasteiger partial charge is 0.368 e. The summed E-state index contributed by atoms with van der Waals surface area (Å²) in [4.78, 5) is 14.3. The van der Waals surface area contributed by atoms with Gasteiger partial charge in [0.1, 0.15) is 5.52 Å². The Balaban J connectivity index is 2.23. The molecule has 0 saturated heterocycles. The zero-order valence-electron chi connectivity index (χ0n) is 9.41. The zero-order chi connectivity index (χ0) is 13.3. The fraction of sp³-hybridized carbons (Fsp3) is 0.444. The summed E-state index contributed by atoms with van der Waals surface area (Å²) < 4.78 is 36.7. The first-order valence-corrected chi connectivity index (χ1v) is 5.15. The molecular formula is C9H11F3N6. The second kappa shape index (κ2) is 4.31. The summed E-state index contributed by atoms with van der Waals surface area (Å²) in [5, 5.41) is 2.65. The Bertz CT molecular complexity index is 549. The van der Waals surface area contributed by atoms with Gasteiger partial charge in [-0.1, -0.05) is 0 Å². The van der Waals surface area contributed by atoms with Crippen LogP contribution in [-0.2, 0) is 0 Å². The van der Waals surface area contributed by atoms with Crippen LogP contribution in [0.1, 0.15) is 13.3 Å². The normalized spacial score (nSPS) is 13.8.